The average molecular weight is 381 g/mol. The van der Waals surface area contributed by atoms with Gasteiger partial charge in [-0.15, -0.1) is 0 Å². The number of benzene rings is 1. The number of hydrogen-bond acceptors (Lipinski definition) is 3. The van der Waals surface area contributed by atoms with Crippen molar-refractivity contribution in [3.63, 3.8) is 0 Å². The fourth-order valence-electron chi connectivity index (χ4n) is 3.64. The number of sulfonamides is 1. The van der Waals surface area contributed by atoms with Crippen molar-refractivity contribution >= 4 is 15.9 Å². The molecule has 0 saturated heterocycles. The first-order valence-electron chi connectivity index (χ1n) is 9.74. The molecule has 0 atom stereocenters. The Morgan fingerprint density at radius 3 is 2.15 bits per heavy atom. The molecule has 0 aromatic heterocycles. The summed E-state index contributed by atoms with van der Waals surface area (Å²) in [6, 6.07) is 7.34. The van der Waals surface area contributed by atoms with Crippen LogP contribution in [0.2, 0.25) is 0 Å². The molecule has 2 rings (SSSR count). The van der Waals surface area contributed by atoms with Crippen molar-refractivity contribution in [2.24, 2.45) is 0 Å². The molecule has 1 aliphatic carbocycles. The van der Waals surface area contributed by atoms with Crippen molar-refractivity contribution in [2.45, 2.75) is 69.7 Å². The van der Waals surface area contributed by atoms with Gasteiger partial charge in [0, 0.05) is 32.6 Å². The minimum absolute atomic E-state index is 0.178. The SMILES string of the molecule is CCN(CC)S(=O)(=O)c1ccc(CCC(=O)N(C)C2CCCCC2)cc1. The Balaban J connectivity index is 1.93. The predicted molar refractivity (Wildman–Crippen MR) is 105 cm³/mol. The standard InChI is InChI=1S/C20H32N2O3S/c1-4-22(5-2)26(24,25)19-14-11-17(12-15-19)13-16-20(23)21(3)18-9-7-6-8-10-18/h11-12,14-15,18H,4-10,13,16H2,1-3H3. The highest BCUT2D eigenvalue weighted by atomic mass is 32.2. The molecular formula is C20H32N2O3S. The molecule has 0 heterocycles. The van der Waals surface area contributed by atoms with Crippen LogP contribution in [0.3, 0.4) is 0 Å². The summed E-state index contributed by atoms with van der Waals surface area (Å²) in [7, 11) is -1.50. The predicted octanol–water partition coefficient (Wildman–Crippen LogP) is 3.44. The Morgan fingerprint density at radius 1 is 1.04 bits per heavy atom. The molecule has 26 heavy (non-hydrogen) atoms. The molecule has 0 N–H and O–H groups in total. The van der Waals surface area contributed by atoms with Crippen LogP contribution in [0, 0.1) is 0 Å². The molecular weight excluding hydrogens is 348 g/mol. The van der Waals surface area contributed by atoms with Gasteiger partial charge in [-0.25, -0.2) is 8.42 Å². The quantitative estimate of drug-likeness (QED) is 0.694. The second kappa shape index (κ2) is 9.51. The number of aryl methyl sites for hydroxylation is 1. The zero-order valence-electron chi connectivity index (χ0n) is 16.3. The highest BCUT2D eigenvalue weighted by molar-refractivity contribution is 7.89. The van der Waals surface area contributed by atoms with Crippen LogP contribution in [-0.2, 0) is 21.2 Å². The molecule has 0 unspecified atom stereocenters. The second-order valence-electron chi connectivity index (χ2n) is 7.03. The van der Waals surface area contributed by atoms with E-state index in [9.17, 15) is 13.2 Å². The van der Waals surface area contributed by atoms with Gasteiger partial charge in [-0.2, -0.15) is 4.31 Å². The summed E-state index contributed by atoms with van der Waals surface area (Å²) in [6.07, 6.45) is 7.04. The van der Waals surface area contributed by atoms with E-state index in [0.29, 0.717) is 36.9 Å². The van der Waals surface area contributed by atoms with Gasteiger partial charge in [0.1, 0.15) is 0 Å². The van der Waals surface area contributed by atoms with Crippen molar-refractivity contribution in [1.29, 1.82) is 0 Å². The van der Waals surface area contributed by atoms with Gasteiger partial charge in [-0.05, 0) is 37.0 Å². The minimum atomic E-state index is -3.42. The van der Waals surface area contributed by atoms with Crippen molar-refractivity contribution in [1.82, 2.24) is 9.21 Å². The van der Waals surface area contributed by atoms with Crippen LogP contribution in [0.1, 0.15) is 57.9 Å². The zero-order valence-corrected chi connectivity index (χ0v) is 17.1. The Bertz CT molecular complexity index is 676. The number of nitrogens with zero attached hydrogens (tertiary/aromatic N) is 2. The summed E-state index contributed by atoms with van der Waals surface area (Å²) in [5.74, 6) is 0.178. The van der Waals surface area contributed by atoms with Gasteiger partial charge in [-0.1, -0.05) is 45.2 Å². The van der Waals surface area contributed by atoms with E-state index in [0.717, 1.165) is 18.4 Å². The van der Waals surface area contributed by atoms with E-state index in [1.807, 2.05) is 37.9 Å². The fourth-order valence-corrected chi connectivity index (χ4v) is 5.10. The maximum absolute atomic E-state index is 12.5. The van der Waals surface area contributed by atoms with Crippen LogP contribution in [0.5, 0.6) is 0 Å². The number of carbonyl (C=O) groups excluding carboxylic acids is 1. The van der Waals surface area contributed by atoms with Crippen molar-refractivity contribution < 1.29 is 13.2 Å². The van der Waals surface area contributed by atoms with Crippen molar-refractivity contribution in [2.75, 3.05) is 20.1 Å². The van der Waals surface area contributed by atoms with Gasteiger partial charge in [0.15, 0.2) is 0 Å². The fraction of sp³-hybridized carbons (Fsp3) is 0.650. The van der Waals surface area contributed by atoms with Gasteiger partial charge >= 0.3 is 0 Å². The topological polar surface area (TPSA) is 57.7 Å². The smallest absolute Gasteiger partial charge is 0.243 e. The lowest BCUT2D eigenvalue weighted by molar-refractivity contribution is -0.132. The van der Waals surface area contributed by atoms with Gasteiger partial charge in [-0.3, -0.25) is 4.79 Å². The van der Waals surface area contributed by atoms with Crippen LogP contribution >= 0.6 is 0 Å². The molecule has 0 radical (unpaired) electrons. The molecule has 0 aliphatic heterocycles. The number of amides is 1. The summed E-state index contributed by atoms with van der Waals surface area (Å²) in [4.78, 5) is 14.7. The molecule has 0 spiro atoms. The van der Waals surface area contributed by atoms with Crippen LogP contribution in [-0.4, -0.2) is 49.7 Å². The Labute approximate surface area is 158 Å². The van der Waals surface area contributed by atoms with Gasteiger partial charge in [0.2, 0.25) is 15.9 Å². The summed E-state index contributed by atoms with van der Waals surface area (Å²) >= 11 is 0. The van der Waals surface area contributed by atoms with E-state index >= 15 is 0 Å². The molecule has 1 aromatic carbocycles. The molecule has 1 aliphatic rings. The third-order valence-corrected chi connectivity index (χ3v) is 7.47. The molecule has 1 amide bonds. The van der Waals surface area contributed by atoms with Crippen LogP contribution < -0.4 is 0 Å². The lowest BCUT2D eigenvalue weighted by atomic mass is 9.94. The lowest BCUT2D eigenvalue weighted by Crippen LogP contribution is -2.38. The van der Waals surface area contributed by atoms with E-state index in [4.69, 9.17) is 0 Å². The van der Waals surface area contributed by atoms with E-state index in [-0.39, 0.29) is 5.91 Å². The molecule has 1 saturated carbocycles. The van der Waals surface area contributed by atoms with Crippen molar-refractivity contribution in [3.05, 3.63) is 29.8 Å². The molecule has 146 valence electrons. The van der Waals surface area contributed by atoms with Crippen LogP contribution in [0.15, 0.2) is 29.2 Å². The molecule has 6 heteroatoms. The molecule has 1 fully saturated rings. The largest absolute Gasteiger partial charge is 0.343 e. The third kappa shape index (κ3) is 5.07. The Kier molecular flexibility index (Phi) is 7.65. The molecule has 0 bridgehead atoms. The van der Waals surface area contributed by atoms with E-state index in [1.54, 1.807) is 12.1 Å². The molecule has 5 nitrogen and oxygen atoms in total. The summed E-state index contributed by atoms with van der Waals surface area (Å²) in [5.41, 5.74) is 0.994. The Morgan fingerprint density at radius 2 is 1.62 bits per heavy atom. The number of rotatable bonds is 8. The average Bonchev–Trinajstić information content (AvgIpc) is 2.67. The first-order chi connectivity index (χ1) is 12.4. The summed E-state index contributed by atoms with van der Waals surface area (Å²) < 4.78 is 26.5. The zero-order chi connectivity index (χ0) is 19.2. The van der Waals surface area contributed by atoms with E-state index in [1.165, 1.54) is 23.6 Å². The van der Waals surface area contributed by atoms with E-state index in [2.05, 4.69) is 0 Å². The third-order valence-electron chi connectivity index (χ3n) is 5.41. The molecule has 1 aromatic rings. The van der Waals surface area contributed by atoms with Gasteiger partial charge in [0.05, 0.1) is 4.90 Å². The lowest BCUT2D eigenvalue weighted by Gasteiger charge is -2.31. The maximum atomic E-state index is 12.5. The van der Waals surface area contributed by atoms with E-state index < -0.39 is 10.0 Å². The first kappa shape index (κ1) is 20.9. The first-order valence-corrected chi connectivity index (χ1v) is 11.2. The monoisotopic (exact) mass is 380 g/mol. The Hall–Kier alpha value is -1.40. The minimum Gasteiger partial charge on any atom is -0.343 e. The highest BCUT2D eigenvalue weighted by Crippen LogP contribution is 2.22. The summed E-state index contributed by atoms with van der Waals surface area (Å²) in [6.45, 7) is 4.60. The normalized spacial score (nSPS) is 16.0. The van der Waals surface area contributed by atoms with Crippen LogP contribution in [0.4, 0.5) is 0 Å². The second-order valence-corrected chi connectivity index (χ2v) is 8.97. The van der Waals surface area contributed by atoms with Crippen LogP contribution in [0.25, 0.3) is 0 Å². The number of hydrogen-bond donors (Lipinski definition) is 0. The summed E-state index contributed by atoms with van der Waals surface area (Å²) in [5, 5.41) is 0. The highest BCUT2D eigenvalue weighted by Gasteiger charge is 2.23. The maximum Gasteiger partial charge on any atom is 0.243 e. The van der Waals surface area contributed by atoms with Crippen molar-refractivity contribution in [3.8, 4) is 0 Å². The van der Waals surface area contributed by atoms with Gasteiger partial charge in [0.25, 0.3) is 0 Å². The number of carbonyl (C=O) groups is 1. The van der Waals surface area contributed by atoms with Gasteiger partial charge < -0.3 is 4.90 Å².